The molecule has 0 aromatic carbocycles. The van der Waals surface area contributed by atoms with Gasteiger partial charge in [-0.05, 0) is 39.3 Å². The Labute approximate surface area is 104 Å². The molecule has 0 radical (unpaired) electrons. The second kappa shape index (κ2) is 5.65. The van der Waals surface area contributed by atoms with Crippen molar-refractivity contribution >= 4 is 0 Å². The first-order valence-corrected chi connectivity index (χ1v) is 6.44. The Bertz CT molecular complexity index is 362. The molecule has 1 atom stereocenters. The van der Waals surface area contributed by atoms with Gasteiger partial charge in [0.1, 0.15) is 0 Å². The Hall–Kier alpha value is -0.870. The van der Waals surface area contributed by atoms with Crippen LogP contribution in [-0.2, 0) is 11.3 Å². The highest BCUT2D eigenvalue weighted by Gasteiger charge is 2.24. The van der Waals surface area contributed by atoms with Crippen molar-refractivity contribution in [2.24, 2.45) is 0 Å². The Kier molecular flexibility index (Phi) is 4.18. The molecule has 2 heterocycles. The maximum atomic E-state index is 5.17. The standard InChI is InChI=1S/C13H23N3O/c1-11-9-12(2)16(14-11)10-13-5-4-6-15(13)7-8-17-3/h9,13H,4-8,10H2,1-3H3. The maximum Gasteiger partial charge on any atom is 0.0596 e. The van der Waals surface area contributed by atoms with Gasteiger partial charge < -0.3 is 4.74 Å². The van der Waals surface area contributed by atoms with E-state index >= 15 is 0 Å². The van der Waals surface area contributed by atoms with Gasteiger partial charge in [-0.1, -0.05) is 0 Å². The Morgan fingerprint density at radius 2 is 2.29 bits per heavy atom. The molecule has 2 rings (SSSR count). The molecule has 4 heteroatoms. The van der Waals surface area contributed by atoms with Gasteiger partial charge in [-0.15, -0.1) is 0 Å². The van der Waals surface area contributed by atoms with Crippen molar-refractivity contribution < 1.29 is 4.74 Å². The van der Waals surface area contributed by atoms with Gasteiger partial charge in [0.25, 0.3) is 0 Å². The molecular weight excluding hydrogens is 214 g/mol. The average Bonchev–Trinajstić information content (AvgIpc) is 2.84. The van der Waals surface area contributed by atoms with Crippen LogP contribution >= 0.6 is 0 Å². The van der Waals surface area contributed by atoms with E-state index in [2.05, 4.69) is 34.6 Å². The number of aromatic nitrogens is 2. The summed E-state index contributed by atoms with van der Waals surface area (Å²) >= 11 is 0. The molecule has 4 nitrogen and oxygen atoms in total. The summed E-state index contributed by atoms with van der Waals surface area (Å²) in [4.78, 5) is 2.53. The van der Waals surface area contributed by atoms with Gasteiger partial charge in [-0.25, -0.2) is 0 Å². The van der Waals surface area contributed by atoms with Gasteiger partial charge in [-0.3, -0.25) is 9.58 Å². The van der Waals surface area contributed by atoms with Crippen molar-refractivity contribution in [2.75, 3.05) is 26.8 Å². The molecule has 1 aliphatic rings. The fraction of sp³-hybridized carbons (Fsp3) is 0.769. The average molecular weight is 237 g/mol. The number of aryl methyl sites for hydroxylation is 2. The number of rotatable bonds is 5. The van der Waals surface area contributed by atoms with E-state index in [1.165, 1.54) is 25.1 Å². The number of methoxy groups -OCH3 is 1. The summed E-state index contributed by atoms with van der Waals surface area (Å²) in [5.41, 5.74) is 2.38. The minimum atomic E-state index is 0.628. The van der Waals surface area contributed by atoms with Crippen LogP contribution in [0.5, 0.6) is 0 Å². The van der Waals surface area contributed by atoms with E-state index in [1.54, 1.807) is 7.11 Å². The number of nitrogens with zero attached hydrogens (tertiary/aromatic N) is 3. The predicted molar refractivity (Wildman–Crippen MR) is 68.2 cm³/mol. The van der Waals surface area contributed by atoms with E-state index in [4.69, 9.17) is 4.74 Å². The lowest BCUT2D eigenvalue weighted by atomic mass is 10.2. The van der Waals surface area contributed by atoms with Crippen LogP contribution in [0.3, 0.4) is 0 Å². The number of likely N-dealkylation sites (tertiary alicyclic amines) is 1. The number of hydrogen-bond acceptors (Lipinski definition) is 3. The first-order chi connectivity index (χ1) is 8.20. The van der Waals surface area contributed by atoms with Crippen molar-refractivity contribution in [1.82, 2.24) is 14.7 Å². The molecule has 0 aliphatic carbocycles. The highest BCUT2D eigenvalue weighted by atomic mass is 16.5. The van der Waals surface area contributed by atoms with E-state index in [1.807, 2.05) is 0 Å². The quantitative estimate of drug-likeness (QED) is 0.779. The number of hydrogen-bond donors (Lipinski definition) is 0. The summed E-state index contributed by atoms with van der Waals surface area (Å²) in [5.74, 6) is 0. The van der Waals surface area contributed by atoms with Crippen LogP contribution in [0.1, 0.15) is 24.2 Å². The van der Waals surface area contributed by atoms with Crippen LogP contribution in [0.15, 0.2) is 6.07 Å². The highest BCUT2D eigenvalue weighted by Crippen LogP contribution is 2.19. The van der Waals surface area contributed by atoms with Gasteiger partial charge in [0.15, 0.2) is 0 Å². The second-order valence-corrected chi connectivity index (χ2v) is 4.93. The van der Waals surface area contributed by atoms with Gasteiger partial charge in [0, 0.05) is 25.4 Å². The van der Waals surface area contributed by atoms with E-state index in [9.17, 15) is 0 Å². The van der Waals surface area contributed by atoms with E-state index < -0.39 is 0 Å². The second-order valence-electron chi connectivity index (χ2n) is 4.93. The van der Waals surface area contributed by atoms with Crippen LogP contribution < -0.4 is 0 Å². The summed E-state index contributed by atoms with van der Waals surface area (Å²) in [6.07, 6.45) is 2.58. The van der Waals surface area contributed by atoms with Gasteiger partial charge in [0.05, 0.1) is 18.8 Å². The monoisotopic (exact) mass is 237 g/mol. The summed E-state index contributed by atoms with van der Waals surface area (Å²) < 4.78 is 7.31. The molecule has 1 aliphatic heterocycles. The van der Waals surface area contributed by atoms with Gasteiger partial charge in [0.2, 0.25) is 0 Å². The maximum absolute atomic E-state index is 5.17. The topological polar surface area (TPSA) is 30.3 Å². The molecule has 0 amide bonds. The zero-order chi connectivity index (χ0) is 12.3. The molecule has 1 aromatic rings. The van der Waals surface area contributed by atoms with Crippen LogP contribution in [0.4, 0.5) is 0 Å². The third-order valence-corrected chi connectivity index (χ3v) is 3.57. The lowest BCUT2D eigenvalue weighted by molar-refractivity contribution is 0.134. The first kappa shape index (κ1) is 12.6. The van der Waals surface area contributed by atoms with Crippen molar-refractivity contribution in [1.29, 1.82) is 0 Å². The molecule has 0 bridgehead atoms. The molecule has 1 unspecified atom stereocenters. The SMILES string of the molecule is COCCN1CCCC1Cn1nc(C)cc1C. The predicted octanol–water partition coefficient (Wildman–Crippen LogP) is 1.61. The summed E-state index contributed by atoms with van der Waals surface area (Å²) in [7, 11) is 1.77. The normalized spacial score (nSPS) is 21.2. The molecule has 96 valence electrons. The molecule has 1 aromatic heterocycles. The molecule has 1 fully saturated rings. The van der Waals surface area contributed by atoms with Gasteiger partial charge in [-0.2, -0.15) is 5.10 Å². The molecular formula is C13H23N3O. The minimum Gasteiger partial charge on any atom is -0.383 e. The van der Waals surface area contributed by atoms with Crippen LogP contribution in [0.25, 0.3) is 0 Å². The number of ether oxygens (including phenoxy) is 1. The van der Waals surface area contributed by atoms with Crippen molar-refractivity contribution in [3.05, 3.63) is 17.5 Å². The zero-order valence-corrected chi connectivity index (χ0v) is 11.1. The summed E-state index contributed by atoms with van der Waals surface area (Å²) in [6.45, 7) is 8.28. The first-order valence-electron chi connectivity index (χ1n) is 6.44. The van der Waals surface area contributed by atoms with Crippen molar-refractivity contribution in [3.63, 3.8) is 0 Å². The summed E-state index contributed by atoms with van der Waals surface area (Å²) in [6, 6.07) is 2.78. The third kappa shape index (κ3) is 3.07. The van der Waals surface area contributed by atoms with E-state index in [0.717, 1.165) is 25.4 Å². The van der Waals surface area contributed by atoms with Crippen LogP contribution in [0, 0.1) is 13.8 Å². The Morgan fingerprint density at radius 1 is 1.47 bits per heavy atom. The zero-order valence-electron chi connectivity index (χ0n) is 11.1. The highest BCUT2D eigenvalue weighted by molar-refractivity contribution is 5.06. The Balaban J connectivity index is 1.95. The van der Waals surface area contributed by atoms with Crippen molar-refractivity contribution in [2.45, 2.75) is 39.3 Å². The van der Waals surface area contributed by atoms with Crippen LogP contribution in [-0.4, -0.2) is 47.5 Å². The molecule has 0 saturated carbocycles. The summed E-state index contributed by atoms with van der Waals surface area (Å²) in [5, 5.41) is 4.55. The largest absolute Gasteiger partial charge is 0.383 e. The van der Waals surface area contributed by atoms with Crippen molar-refractivity contribution in [3.8, 4) is 0 Å². The van der Waals surface area contributed by atoms with E-state index in [0.29, 0.717) is 6.04 Å². The minimum absolute atomic E-state index is 0.628. The Morgan fingerprint density at radius 3 is 2.94 bits per heavy atom. The lowest BCUT2D eigenvalue weighted by Crippen LogP contribution is -2.35. The molecule has 1 saturated heterocycles. The fourth-order valence-corrected chi connectivity index (χ4v) is 2.66. The van der Waals surface area contributed by atoms with Crippen LogP contribution in [0.2, 0.25) is 0 Å². The lowest BCUT2D eigenvalue weighted by Gasteiger charge is -2.24. The smallest absolute Gasteiger partial charge is 0.0596 e. The molecule has 0 spiro atoms. The van der Waals surface area contributed by atoms with Gasteiger partial charge >= 0.3 is 0 Å². The third-order valence-electron chi connectivity index (χ3n) is 3.57. The molecule has 0 N–H and O–H groups in total. The van der Waals surface area contributed by atoms with E-state index in [-0.39, 0.29) is 0 Å². The fourth-order valence-electron chi connectivity index (χ4n) is 2.66. The molecule has 17 heavy (non-hydrogen) atoms.